The van der Waals surface area contributed by atoms with E-state index in [-0.39, 0.29) is 40.3 Å². The first-order valence-electron chi connectivity index (χ1n) is 13.0. The van der Waals surface area contributed by atoms with Crippen LogP contribution in [0.4, 0.5) is 13.2 Å². The predicted octanol–water partition coefficient (Wildman–Crippen LogP) is 4.62. The van der Waals surface area contributed by atoms with Crippen molar-refractivity contribution in [3.8, 4) is 0 Å². The number of hydrogen-bond acceptors (Lipinski definition) is 6. The van der Waals surface area contributed by atoms with Crippen molar-refractivity contribution < 1.29 is 31.2 Å². The Morgan fingerprint density at radius 2 is 1.77 bits per heavy atom. The fraction of sp³-hybridized carbons (Fsp3) is 0.500. The molecule has 40 heavy (non-hydrogen) atoms. The number of carbonyl (C=O) groups is 2. The van der Waals surface area contributed by atoms with Crippen LogP contribution in [0.15, 0.2) is 58.3 Å². The van der Waals surface area contributed by atoms with Gasteiger partial charge in [-0.2, -0.15) is 13.2 Å². The van der Waals surface area contributed by atoms with Crippen LogP contribution < -0.4 is 10.6 Å². The fourth-order valence-corrected chi connectivity index (χ4v) is 7.20. The molecule has 1 saturated carbocycles. The van der Waals surface area contributed by atoms with Crippen LogP contribution in [0.1, 0.15) is 49.0 Å². The summed E-state index contributed by atoms with van der Waals surface area (Å²) in [7, 11) is -2.07. The number of thioether (sulfide) groups is 1. The smallest absolute Gasteiger partial charge is 0.343 e. The molecule has 0 bridgehead atoms. The molecule has 0 aromatic heterocycles. The quantitative estimate of drug-likeness (QED) is 0.387. The van der Waals surface area contributed by atoms with Gasteiger partial charge in [0.15, 0.2) is 9.84 Å². The molecule has 3 atom stereocenters. The molecule has 1 unspecified atom stereocenters. The molecule has 1 fully saturated rings. The van der Waals surface area contributed by atoms with Crippen LogP contribution in [0.5, 0.6) is 0 Å². The Morgan fingerprint density at radius 3 is 2.38 bits per heavy atom. The number of sulfone groups is 1. The number of nitrogens with zero attached hydrogens (tertiary/aromatic N) is 1. The zero-order valence-electron chi connectivity index (χ0n) is 23.0. The van der Waals surface area contributed by atoms with E-state index in [4.69, 9.17) is 0 Å². The van der Waals surface area contributed by atoms with Crippen LogP contribution >= 0.6 is 11.8 Å². The number of nitrogens with one attached hydrogen (secondary N) is 2. The third kappa shape index (κ3) is 8.47. The van der Waals surface area contributed by atoms with Gasteiger partial charge in [0.25, 0.3) is 5.91 Å². The van der Waals surface area contributed by atoms with E-state index in [2.05, 4.69) is 10.6 Å². The van der Waals surface area contributed by atoms with E-state index >= 15 is 0 Å². The summed E-state index contributed by atoms with van der Waals surface area (Å²) in [4.78, 5) is 28.2. The molecule has 1 aliphatic rings. The Labute approximate surface area is 238 Å². The minimum atomic E-state index is -4.60. The van der Waals surface area contributed by atoms with Crippen molar-refractivity contribution in [2.75, 3.05) is 25.6 Å². The number of amides is 2. The van der Waals surface area contributed by atoms with Crippen molar-refractivity contribution in [3.05, 3.63) is 59.7 Å². The minimum Gasteiger partial charge on any atom is -0.343 e. The number of hydrogen-bond donors (Lipinski definition) is 2. The van der Waals surface area contributed by atoms with Gasteiger partial charge in [0.1, 0.15) is 0 Å². The summed E-state index contributed by atoms with van der Waals surface area (Å²) >= 11 is 1.52. The minimum absolute atomic E-state index is 0.0967. The van der Waals surface area contributed by atoms with Gasteiger partial charge in [0.2, 0.25) is 5.91 Å². The van der Waals surface area contributed by atoms with Crippen molar-refractivity contribution >= 4 is 33.4 Å². The molecule has 12 heteroatoms. The fourth-order valence-electron chi connectivity index (χ4n) is 5.13. The van der Waals surface area contributed by atoms with Crippen molar-refractivity contribution in [2.24, 2.45) is 5.92 Å². The highest BCUT2D eigenvalue weighted by molar-refractivity contribution is 7.98. The van der Waals surface area contributed by atoms with Crippen LogP contribution in [-0.2, 0) is 20.8 Å². The molecule has 2 amide bonds. The predicted molar refractivity (Wildman–Crippen MR) is 150 cm³/mol. The third-order valence-corrected chi connectivity index (χ3v) is 9.71. The molecule has 7 nitrogen and oxygen atoms in total. The third-order valence-electron chi connectivity index (χ3n) is 7.11. The summed E-state index contributed by atoms with van der Waals surface area (Å²) in [6, 6.07) is 10.6. The molecule has 220 valence electrons. The van der Waals surface area contributed by atoms with Gasteiger partial charge < -0.3 is 15.5 Å². The van der Waals surface area contributed by atoms with Gasteiger partial charge in [-0.25, -0.2) is 8.42 Å². The summed E-state index contributed by atoms with van der Waals surface area (Å²) in [5.74, 6) is -1.75. The maximum absolute atomic E-state index is 13.4. The molecule has 0 saturated heterocycles. The van der Waals surface area contributed by atoms with Crippen molar-refractivity contribution in [1.82, 2.24) is 15.5 Å². The molecule has 0 heterocycles. The van der Waals surface area contributed by atoms with E-state index in [9.17, 15) is 31.2 Å². The number of rotatable bonds is 10. The topological polar surface area (TPSA) is 95.6 Å². The van der Waals surface area contributed by atoms with E-state index in [1.54, 1.807) is 31.3 Å². The number of likely N-dealkylation sites (N-methyl/N-ethyl adjacent to an activating group) is 1. The van der Waals surface area contributed by atoms with Crippen LogP contribution in [0.2, 0.25) is 0 Å². The molecule has 0 aliphatic heterocycles. The molecular weight excluding hydrogens is 563 g/mol. The normalized spacial score (nSPS) is 19.9. The monoisotopic (exact) mass is 599 g/mol. The van der Waals surface area contributed by atoms with Crippen molar-refractivity contribution in [1.29, 1.82) is 0 Å². The second-order valence-corrected chi connectivity index (χ2v) is 13.3. The maximum Gasteiger partial charge on any atom is 0.416 e. The SMILES string of the molecule is CSc1ccc(S(=O)(=O)C[C@@H]2C[C@H](NC(C)C)CCC2N(C)C(=O)CNC(=O)c2cccc(C(F)(F)F)c2)cc1. The summed E-state index contributed by atoms with van der Waals surface area (Å²) in [6.45, 7) is 3.62. The lowest BCUT2D eigenvalue weighted by Gasteiger charge is -2.41. The average Bonchev–Trinajstić information content (AvgIpc) is 2.90. The zero-order valence-corrected chi connectivity index (χ0v) is 24.6. The zero-order chi connectivity index (χ0) is 29.7. The first kappa shape index (κ1) is 32.0. The van der Waals surface area contributed by atoms with E-state index in [0.717, 1.165) is 29.5 Å². The highest BCUT2D eigenvalue weighted by atomic mass is 32.2. The highest BCUT2D eigenvalue weighted by Gasteiger charge is 2.38. The van der Waals surface area contributed by atoms with E-state index in [0.29, 0.717) is 12.8 Å². The Morgan fingerprint density at radius 1 is 1.10 bits per heavy atom. The molecule has 2 aromatic rings. The van der Waals surface area contributed by atoms with Gasteiger partial charge in [0.05, 0.1) is 22.8 Å². The average molecular weight is 600 g/mol. The van der Waals surface area contributed by atoms with Gasteiger partial charge in [-0.05, 0) is 73.9 Å². The Hall–Kier alpha value is -2.57. The lowest BCUT2D eigenvalue weighted by molar-refractivity contribution is -0.137. The van der Waals surface area contributed by atoms with E-state index < -0.39 is 39.9 Å². The first-order chi connectivity index (χ1) is 18.7. The standard InChI is InChI=1S/C28H36F3N3O4S2/c1-18(2)33-22-8-13-25(20(15-22)17-40(37,38)24-11-9-23(39-4)10-12-24)34(3)26(35)16-32-27(36)19-6-5-7-21(14-19)28(29,30)31/h5-7,9-12,14,18,20,22,25,33H,8,13,15-17H2,1-4H3,(H,32,36)/t20-,22+,25?/m0/s1. The van der Waals surface area contributed by atoms with Crippen molar-refractivity contribution in [3.63, 3.8) is 0 Å². The number of benzene rings is 2. The Balaban J connectivity index is 1.72. The molecule has 3 rings (SSSR count). The van der Waals surface area contributed by atoms with Crippen LogP contribution in [0, 0.1) is 5.92 Å². The molecule has 2 aromatic carbocycles. The first-order valence-corrected chi connectivity index (χ1v) is 15.9. The second-order valence-electron chi connectivity index (χ2n) is 10.4. The number of carbonyl (C=O) groups excluding carboxylic acids is 2. The Kier molecular flexibility index (Phi) is 10.7. The molecule has 0 spiro atoms. The van der Waals surface area contributed by atoms with Gasteiger partial charge in [0, 0.05) is 35.6 Å². The largest absolute Gasteiger partial charge is 0.416 e. The van der Waals surface area contributed by atoms with Gasteiger partial charge >= 0.3 is 6.18 Å². The molecule has 2 N–H and O–H groups in total. The lowest BCUT2D eigenvalue weighted by Crippen LogP contribution is -2.52. The van der Waals surface area contributed by atoms with Crippen LogP contribution in [0.25, 0.3) is 0 Å². The highest BCUT2D eigenvalue weighted by Crippen LogP contribution is 2.32. The van der Waals surface area contributed by atoms with Crippen molar-refractivity contribution in [2.45, 2.75) is 67.2 Å². The number of halogens is 3. The number of alkyl halides is 3. The van der Waals surface area contributed by atoms with Gasteiger partial charge in [-0.3, -0.25) is 9.59 Å². The summed E-state index contributed by atoms with van der Waals surface area (Å²) < 4.78 is 65.8. The summed E-state index contributed by atoms with van der Waals surface area (Å²) in [5, 5.41) is 5.88. The van der Waals surface area contributed by atoms with Gasteiger partial charge in [-0.1, -0.05) is 19.9 Å². The summed E-state index contributed by atoms with van der Waals surface area (Å²) in [6.07, 6.45) is -0.816. The lowest BCUT2D eigenvalue weighted by atomic mass is 9.81. The molecule has 1 aliphatic carbocycles. The van der Waals surface area contributed by atoms with Crippen LogP contribution in [-0.4, -0.2) is 68.9 Å². The second kappa shape index (κ2) is 13.4. The van der Waals surface area contributed by atoms with Gasteiger partial charge in [-0.15, -0.1) is 11.8 Å². The Bertz CT molecular complexity index is 1280. The van der Waals surface area contributed by atoms with Crippen LogP contribution in [0.3, 0.4) is 0 Å². The summed E-state index contributed by atoms with van der Waals surface area (Å²) in [5.41, 5.74) is -1.16. The van der Waals surface area contributed by atoms with E-state index in [1.807, 2.05) is 20.1 Å². The van der Waals surface area contributed by atoms with E-state index in [1.165, 1.54) is 22.7 Å². The molecular formula is C28H36F3N3O4S2. The maximum atomic E-state index is 13.4. The molecule has 0 radical (unpaired) electrons.